The molecule has 0 saturated heterocycles. The summed E-state index contributed by atoms with van der Waals surface area (Å²) in [6.45, 7) is 0. The molecule has 0 saturated carbocycles. The van der Waals surface area contributed by atoms with Crippen molar-refractivity contribution in [2.45, 2.75) is 15.2 Å². The van der Waals surface area contributed by atoms with Crippen LogP contribution in [0.25, 0.3) is 49.4 Å². The first-order valence-electron chi connectivity index (χ1n) is 19.5. The molecule has 0 amide bonds. The second kappa shape index (κ2) is 12.3. The van der Waals surface area contributed by atoms with Gasteiger partial charge in [0.25, 0.3) is 0 Å². The highest BCUT2D eigenvalue weighted by molar-refractivity contribution is 7.99. The van der Waals surface area contributed by atoms with E-state index in [2.05, 4.69) is 150 Å². The molecule has 0 unspecified atom stereocenters. The predicted octanol–water partition coefficient (Wildman–Crippen LogP) is 12.4. The molecule has 1 aliphatic heterocycles. The molecule has 0 fully saturated rings. The summed E-state index contributed by atoms with van der Waals surface area (Å²) in [6, 6.07) is 73.5. The molecule has 0 N–H and O–H groups in total. The van der Waals surface area contributed by atoms with Crippen LogP contribution in [-0.2, 0) is 9.98 Å². The molecule has 0 bridgehead atoms. The number of benzene rings is 9. The molecule has 4 heteroatoms. The normalized spacial score (nSPS) is 13.8. The molecule has 268 valence electrons. The van der Waals surface area contributed by atoms with E-state index in [4.69, 9.17) is 0 Å². The molecule has 1 spiro atoms. The second-order valence-electron chi connectivity index (χ2n) is 15.1. The van der Waals surface area contributed by atoms with Gasteiger partial charge in [-0.15, -0.1) is 0 Å². The minimum atomic E-state index is -3.14. The first-order valence-corrected chi connectivity index (χ1v) is 22.0. The van der Waals surface area contributed by atoms with Crippen molar-refractivity contribution in [3.05, 3.63) is 229 Å². The van der Waals surface area contributed by atoms with Gasteiger partial charge in [0.05, 0.1) is 16.4 Å². The topological polar surface area (TPSA) is 22.0 Å². The quantitative estimate of drug-likeness (QED) is 0.167. The molecule has 0 radical (unpaired) electrons. The molecule has 1 aliphatic carbocycles. The molecule has 57 heavy (non-hydrogen) atoms. The van der Waals surface area contributed by atoms with E-state index in [1.54, 1.807) is 0 Å². The van der Waals surface area contributed by atoms with E-state index in [0.717, 1.165) is 27.1 Å². The zero-order valence-corrected chi connectivity index (χ0v) is 32.6. The lowest BCUT2D eigenvalue weighted by atomic mass is 9.67. The fourth-order valence-corrected chi connectivity index (χ4v) is 14.0. The predicted molar refractivity (Wildman–Crippen MR) is 239 cm³/mol. The molecule has 2 nitrogen and oxygen atoms in total. The third kappa shape index (κ3) is 4.42. The van der Waals surface area contributed by atoms with Gasteiger partial charge in [0, 0.05) is 47.6 Å². The van der Waals surface area contributed by atoms with Crippen LogP contribution in [0.4, 0.5) is 0 Å². The van der Waals surface area contributed by atoms with Crippen LogP contribution in [-0.4, -0.2) is 4.57 Å². The largest absolute Gasteiger partial charge is 0.309 e. The van der Waals surface area contributed by atoms with Crippen LogP contribution in [0.3, 0.4) is 0 Å². The van der Waals surface area contributed by atoms with Crippen LogP contribution < -0.4 is 15.9 Å². The summed E-state index contributed by atoms with van der Waals surface area (Å²) in [4.78, 5) is 2.58. The Bertz CT molecular complexity index is 3210. The second-order valence-corrected chi connectivity index (χ2v) is 18.9. The first kappa shape index (κ1) is 32.8. The van der Waals surface area contributed by atoms with Crippen LogP contribution in [0.5, 0.6) is 0 Å². The molecule has 0 atom stereocenters. The maximum absolute atomic E-state index is 15.4. The summed E-state index contributed by atoms with van der Waals surface area (Å²) in [7, 11) is -3.14. The van der Waals surface area contributed by atoms with Crippen LogP contribution in [0, 0.1) is 0 Å². The first-order chi connectivity index (χ1) is 28.2. The number of hydrogen-bond donors (Lipinski definition) is 0. The van der Waals surface area contributed by atoms with E-state index in [9.17, 15) is 0 Å². The highest BCUT2D eigenvalue weighted by atomic mass is 32.2. The summed E-state index contributed by atoms with van der Waals surface area (Å²) in [5.41, 5.74) is 10.9. The molecular weight excluding hydrogens is 730 g/mol. The van der Waals surface area contributed by atoms with Crippen LogP contribution in [0.15, 0.2) is 216 Å². The van der Waals surface area contributed by atoms with Crippen LogP contribution in [0.1, 0.15) is 22.3 Å². The Morgan fingerprint density at radius 2 is 1.00 bits per heavy atom. The minimum absolute atomic E-state index is 0.457. The number of nitrogens with zero attached hydrogens (tertiary/aromatic N) is 1. The lowest BCUT2D eigenvalue weighted by Crippen LogP contribution is -2.32. The average Bonchev–Trinajstić information content (AvgIpc) is 3.78. The number of fused-ring (bicyclic) bond motifs is 15. The van der Waals surface area contributed by atoms with Crippen molar-refractivity contribution in [1.29, 1.82) is 0 Å². The standard InChI is InChI=1S/C53H34NOPS/c55-56(37-16-3-1-4-17-37,38-18-5-2-6-19-38)39-30-28-36(29-31-39)54-48-34-33-47-52(50(48)43-32-27-35-15-7-8-20-40(35)51(43)54)57-49-26-14-13-25-46(49)53(47)44-23-11-9-21-41(44)42-22-10-12-24-45(42)53/h1-34H. The van der Waals surface area contributed by atoms with Crippen molar-refractivity contribution in [3.8, 4) is 16.8 Å². The summed E-state index contributed by atoms with van der Waals surface area (Å²) in [5, 5.41) is 7.38. The number of hydrogen-bond acceptors (Lipinski definition) is 2. The third-order valence-corrected chi connectivity index (χ3v) is 16.6. The van der Waals surface area contributed by atoms with E-state index in [0.29, 0.717) is 0 Å². The minimum Gasteiger partial charge on any atom is -0.309 e. The maximum atomic E-state index is 15.4. The Morgan fingerprint density at radius 3 is 1.68 bits per heavy atom. The Morgan fingerprint density at radius 1 is 0.439 bits per heavy atom. The summed E-state index contributed by atoms with van der Waals surface area (Å²) in [5.74, 6) is 0. The van der Waals surface area contributed by atoms with E-state index >= 15 is 4.57 Å². The van der Waals surface area contributed by atoms with E-state index in [1.807, 2.05) is 72.4 Å². The molecule has 2 heterocycles. The van der Waals surface area contributed by atoms with Gasteiger partial charge in [0.15, 0.2) is 7.14 Å². The van der Waals surface area contributed by atoms with Gasteiger partial charge in [-0.3, -0.25) is 0 Å². The molecule has 12 rings (SSSR count). The highest BCUT2D eigenvalue weighted by Crippen LogP contribution is 2.63. The lowest BCUT2D eigenvalue weighted by molar-refractivity contribution is 0.592. The van der Waals surface area contributed by atoms with Gasteiger partial charge in [-0.25, -0.2) is 0 Å². The van der Waals surface area contributed by atoms with Gasteiger partial charge < -0.3 is 9.13 Å². The molecule has 9 aromatic carbocycles. The van der Waals surface area contributed by atoms with Gasteiger partial charge >= 0.3 is 0 Å². The van der Waals surface area contributed by atoms with E-state index < -0.39 is 12.6 Å². The average molecular weight is 764 g/mol. The van der Waals surface area contributed by atoms with Gasteiger partial charge in [0.1, 0.15) is 0 Å². The van der Waals surface area contributed by atoms with Gasteiger partial charge in [0.2, 0.25) is 0 Å². The highest BCUT2D eigenvalue weighted by Gasteiger charge is 2.50. The van der Waals surface area contributed by atoms with E-state index in [1.165, 1.54) is 70.2 Å². The molecule has 10 aromatic rings. The zero-order chi connectivity index (χ0) is 37.7. The summed E-state index contributed by atoms with van der Waals surface area (Å²) in [6.07, 6.45) is 0. The van der Waals surface area contributed by atoms with Crippen molar-refractivity contribution in [1.82, 2.24) is 4.57 Å². The van der Waals surface area contributed by atoms with Crippen molar-refractivity contribution >= 4 is 67.4 Å². The summed E-state index contributed by atoms with van der Waals surface area (Å²) >= 11 is 1.90. The van der Waals surface area contributed by atoms with Gasteiger partial charge in [-0.1, -0.05) is 182 Å². The van der Waals surface area contributed by atoms with Crippen molar-refractivity contribution in [2.75, 3.05) is 0 Å². The fourth-order valence-electron chi connectivity index (χ4n) is 9.98. The van der Waals surface area contributed by atoms with Crippen molar-refractivity contribution < 1.29 is 4.57 Å². The zero-order valence-electron chi connectivity index (χ0n) is 30.8. The molecular formula is C53H34NOPS. The Labute approximate surface area is 335 Å². The SMILES string of the molecule is O=P(c1ccccc1)(c1ccccc1)c1ccc(-n2c3ccc4c(c3c3ccc5ccccc5c32)Sc2ccccc2C42c3ccccc3-c3ccccc32)cc1. The Kier molecular flexibility index (Phi) is 7.09. The smallest absolute Gasteiger partial charge is 0.171 e. The molecule has 2 aliphatic rings. The lowest BCUT2D eigenvalue weighted by Gasteiger charge is -2.40. The van der Waals surface area contributed by atoms with E-state index in [-0.39, 0.29) is 0 Å². The Hall–Kier alpha value is -6.38. The maximum Gasteiger partial charge on any atom is 0.171 e. The monoisotopic (exact) mass is 763 g/mol. The van der Waals surface area contributed by atoms with Crippen molar-refractivity contribution in [3.63, 3.8) is 0 Å². The van der Waals surface area contributed by atoms with Crippen LogP contribution in [0.2, 0.25) is 0 Å². The summed E-state index contributed by atoms with van der Waals surface area (Å²) < 4.78 is 17.8. The Balaban J connectivity index is 1.15. The molecule has 1 aromatic heterocycles. The third-order valence-electron chi connectivity index (χ3n) is 12.3. The number of rotatable bonds is 4. The van der Waals surface area contributed by atoms with Crippen LogP contribution >= 0.6 is 18.9 Å². The van der Waals surface area contributed by atoms with Crippen molar-refractivity contribution in [2.24, 2.45) is 0 Å². The van der Waals surface area contributed by atoms with Gasteiger partial charge in [-0.05, 0) is 75.2 Å². The van der Waals surface area contributed by atoms with Gasteiger partial charge in [-0.2, -0.15) is 0 Å². The fraction of sp³-hybridized carbons (Fsp3) is 0.0189. The number of aromatic nitrogens is 1.